The van der Waals surface area contributed by atoms with Gasteiger partial charge in [-0.25, -0.2) is 0 Å². The standard InChI is InChI=1S/C13H21N/c1-4-8-11(2)14-12(3)13-9-6-5-7-10-13/h5-7,9-12,14H,4,8H2,1-3H3/t11?,12-/m0/s1. The van der Waals surface area contributed by atoms with E-state index in [0.29, 0.717) is 12.1 Å². The van der Waals surface area contributed by atoms with Gasteiger partial charge in [-0.2, -0.15) is 0 Å². The smallest absolute Gasteiger partial charge is 0.0294 e. The van der Waals surface area contributed by atoms with E-state index >= 15 is 0 Å². The maximum absolute atomic E-state index is 3.60. The van der Waals surface area contributed by atoms with Crippen LogP contribution in [0.4, 0.5) is 0 Å². The second-order valence-corrected chi connectivity index (χ2v) is 3.99. The van der Waals surface area contributed by atoms with Crippen molar-refractivity contribution in [1.29, 1.82) is 0 Å². The third-order valence-electron chi connectivity index (χ3n) is 2.56. The van der Waals surface area contributed by atoms with Crippen LogP contribution >= 0.6 is 0 Å². The van der Waals surface area contributed by atoms with Gasteiger partial charge in [-0.15, -0.1) is 0 Å². The van der Waals surface area contributed by atoms with E-state index in [0.717, 1.165) is 0 Å². The molecule has 1 aromatic carbocycles. The molecule has 1 N–H and O–H groups in total. The fraction of sp³-hybridized carbons (Fsp3) is 0.538. The Morgan fingerprint density at radius 1 is 1.14 bits per heavy atom. The van der Waals surface area contributed by atoms with Crippen LogP contribution in [0.2, 0.25) is 0 Å². The lowest BCUT2D eigenvalue weighted by atomic mass is 10.1. The quantitative estimate of drug-likeness (QED) is 0.750. The Balaban J connectivity index is 2.46. The summed E-state index contributed by atoms with van der Waals surface area (Å²) >= 11 is 0. The SMILES string of the molecule is CCCC(C)N[C@@H](C)c1ccccc1. The summed E-state index contributed by atoms with van der Waals surface area (Å²) in [4.78, 5) is 0. The zero-order valence-corrected chi connectivity index (χ0v) is 9.46. The van der Waals surface area contributed by atoms with Gasteiger partial charge in [-0.05, 0) is 25.8 Å². The van der Waals surface area contributed by atoms with E-state index in [1.165, 1.54) is 18.4 Å². The third kappa shape index (κ3) is 3.51. The Morgan fingerprint density at radius 2 is 1.79 bits per heavy atom. The summed E-state index contributed by atoms with van der Waals surface area (Å²) in [6.07, 6.45) is 2.49. The van der Waals surface area contributed by atoms with Crippen LogP contribution in [-0.4, -0.2) is 6.04 Å². The predicted molar refractivity (Wildman–Crippen MR) is 62.4 cm³/mol. The van der Waals surface area contributed by atoms with Crippen molar-refractivity contribution in [1.82, 2.24) is 5.32 Å². The zero-order valence-electron chi connectivity index (χ0n) is 9.46. The normalized spacial score (nSPS) is 15.1. The van der Waals surface area contributed by atoms with Gasteiger partial charge in [0.1, 0.15) is 0 Å². The lowest BCUT2D eigenvalue weighted by molar-refractivity contribution is 0.453. The van der Waals surface area contributed by atoms with Crippen molar-refractivity contribution in [2.24, 2.45) is 0 Å². The molecule has 1 nitrogen and oxygen atoms in total. The molecular formula is C13H21N. The average molecular weight is 191 g/mol. The van der Waals surface area contributed by atoms with E-state index in [4.69, 9.17) is 0 Å². The van der Waals surface area contributed by atoms with E-state index in [1.807, 2.05) is 0 Å². The van der Waals surface area contributed by atoms with Crippen LogP contribution in [0.15, 0.2) is 30.3 Å². The maximum atomic E-state index is 3.60. The van der Waals surface area contributed by atoms with E-state index in [2.05, 4.69) is 56.4 Å². The molecule has 0 amide bonds. The first-order chi connectivity index (χ1) is 6.74. The van der Waals surface area contributed by atoms with Crippen molar-refractivity contribution in [3.8, 4) is 0 Å². The topological polar surface area (TPSA) is 12.0 Å². The summed E-state index contributed by atoms with van der Waals surface area (Å²) in [5.41, 5.74) is 1.37. The summed E-state index contributed by atoms with van der Waals surface area (Å²) < 4.78 is 0. The molecule has 1 heteroatoms. The molecule has 0 radical (unpaired) electrons. The molecule has 0 heterocycles. The van der Waals surface area contributed by atoms with Crippen molar-refractivity contribution in [2.75, 3.05) is 0 Å². The zero-order chi connectivity index (χ0) is 10.4. The van der Waals surface area contributed by atoms with Gasteiger partial charge in [0.25, 0.3) is 0 Å². The molecular weight excluding hydrogens is 170 g/mol. The van der Waals surface area contributed by atoms with E-state index < -0.39 is 0 Å². The highest BCUT2D eigenvalue weighted by Crippen LogP contribution is 2.12. The minimum Gasteiger partial charge on any atom is -0.308 e. The summed E-state index contributed by atoms with van der Waals surface area (Å²) in [5.74, 6) is 0. The molecule has 1 aromatic rings. The number of hydrogen-bond acceptors (Lipinski definition) is 1. The molecule has 0 aliphatic carbocycles. The number of rotatable bonds is 5. The van der Waals surface area contributed by atoms with Crippen LogP contribution in [0.1, 0.15) is 45.2 Å². The molecule has 0 aromatic heterocycles. The van der Waals surface area contributed by atoms with Crippen LogP contribution in [0, 0.1) is 0 Å². The van der Waals surface area contributed by atoms with Gasteiger partial charge in [-0.3, -0.25) is 0 Å². The van der Waals surface area contributed by atoms with E-state index in [1.54, 1.807) is 0 Å². The van der Waals surface area contributed by atoms with Gasteiger partial charge < -0.3 is 5.32 Å². The minimum absolute atomic E-state index is 0.456. The Morgan fingerprint density at radius 3 is 2.36 bits per heavy atom. The van der Waals surface area contributed by atoms with Crippen LogP contribution < -0.4 is 5.32 Å². The predicted octanol–water partition coefficient (Wildman–Crippen LogP) is 3.53. The summed E-state index contributed by atoms with van der Waals surface area (Å²) in [5, 5.41) is 3.60. The van der Waals surface area contributed by atoms with Crippen molar-refractivity contribution in [3.05, 3.63) is 35.9 Å². The number of benzene rings is 1. The van der Waals surface area contributed by atoms with E-state index in [-0.39, 0.29) is 0 Å². The molecule has 0 fully saturated rings. The van der Waals surface area contributed by atoms with Crippen LogP contribution in [0.25, 0.3) is 0 Å². The fourth-order valence-corrected chi connectivity index (χ4v) is 1.78. The van der Waals surface area contributed by atoms with E-state index in [9.17, 15) is 0 Å². The van der Waals surface area contributed by atoms with Crippen molar-refractivity contribution in [3.63, 3.8) is 0 Å². The highest BCUT2D eigenvalue weighted by atomic mass is 14.9. The molecule has 2 atom stereocenters. The molecule has 0 saturated heterocycles. The Bertz CT molecular complexity index is 243. The maximum Gasteiger partial charge on any atom is 0.0294 e. The molecule has 0 aliphatic heterocycles. The van der Waals surface area contributed by atoms with Gasteiger partial charge in [0.05, 0.1) is 0 Å². The first-order valence-corrected chi connectivity index (χ1v) is 5.55. The second-order valence-electron chi connectivity index (χ2n) is 3.99. The van der Waals surface area contributed by atoms with Crippen LogP contribution in [0.3, 0.4) is 0 Å². The molecule has 1 unspecified atom stereocenters. The van der Waals surface area contributed by atoms with Gasteiger partial charge in [0.15, 0.2) is 0 Å². The fourth-order valence-electron chi connectivity index (χ4n) is 1.78. The molecule has 14 heavy (non-hydrogen) atoms. The third-order valence-corrected chi connectivity index (χ3v) is 2.56. The Labute approximate surface area is 87.5 Å². The lowest BCUT2D eigenvalue weighted by Crippen LogP contribution is -2.28. The molecule has 1 rings (SSSR count). The molecule has 0 saturated carbocycles. The molecule has 0 spiro atoms. The highest BCUT2D eigenvalue weighted by Gasteiger charge is 2.07. The second kappa shape index (κ2) is 5.82. The van der Waals surface area contributed by atoms with Gasteiger partial charge in [0.2, 0.25) is 0 Å². The lowest BCUT2D eigenvalue weighted by Gasteiger charge is -2.19. The Hall–Kier alpha value is -0.820. The van der Waals surface area contributed by atoms with Gasteiger partial charge >= 0.3 is 0 Å². The largest absolute Gasteiger partial charge is 0.308 e. The summed E-state index contributed by atoms with van der Waals surface area (Å²) in [6, 6.07) is 11.7. The highest BCUT2D eigenvalue weighted by molar-refractivity contribution is 5.18. The average Bonchev–Trinajstić information content (AvgIpc) is 2.19. The minimum atomic E-state index is 0.456. The van der Waals surface area contributed by atoms with Crippen molar-refractivity contribution < 1.29 is 0 Å². The van der Waals surface area contributed by atoms with Gasteiger partial charge in [0, 0.05) is 12.1 Å². The monoisotopic (exact) mass is 191 g/mol. The summed E-state index contributed by atoms with van der Waals surface area (Å²) in [6.45, 7) is 6.70. The Kier molecular flexibility index (Phi) is 4.68. The van der Waals surface area contributed by atoms with Crippen LogP contribution in [0.5, 0.6) is 0 Å². The molecule has 0 aliphatic rings. The molecule has 0 bridgehead atoms. The summed E-state index contributed by atoms with van der Waals surface area (Å²) in [7, 11) is 0. The number of hydrogen-bond donors (Lipinski definition) is 1. The number of nitrogens with one attached hydrogen (secondary N) is 1. The first kappa shape index (κ1) is 11.3. The van der Waals surface area contributed by atoms with Crippen molar-refractivity contribution in [2.45, 2.75) is 45.7 Å². The first-order valence-electron chi connectivity index (χ1n) is 5.55. The molecule has 78 valence electrons. The van der Waals surface area contributed by atoms with Gasteiger partial charge in [-0.1, -0.05) is 43.7 Å². The van der Waals surface area contributed by atoms with Crippen LogP contribution in [-0.2, 0) is 0 Å². The van der Waals surface area contributed by atoms with Crippen molar-refractivity contribution >= 4 is 0 Å².